The molecule has 2 aliphatic heterocycles. The van der Waals surface area contributed by atoms with Crippen molar-refractivity contribution in [3.05, 3.63) is 35.9 Å². The Kier molecular flexibility index (Phi) is 4.06. The normalized spacial score (nSPS) is 35.4. The summed E-state index contributed by atoms with van der Waals surface area (Å²) in [4.78, 5) is 2.37. The third-order valence-corrected chi connectivity index (χ3v) is 7.09. The summed E-state index contributed by atoms with van der Waals surface area (Å²) in [5, 5.41) is 0. The van der Waals surface area contributed by atoms with Gasteiger partial charge in [-0.2, -0.15) is 0 Å². The molecule has 2 saturated heterocycles. The van der Waals surface area contributed by atoms with Crippen molar-refractivity contribution in [3.8, 4) is 11.5 Å². The van der Waals surface area contributed by atoms with Gasteiger partial charge in [-0.15, -0.1) is 11.8 Å². The first-order valence-electron chi connectivity index (χ1n) is 8.53. The van der Waals surface area contributed by atoms with Gasteiger partial charge in [0.05, 0.1) is 20.8 Å². The molecule has 0 amide bonds. The summed E-state index contributed by atoms with van der Waals surface area (Å²) >= 11 is 1.94. The van der Waals surface area contributed by atoms with Gasteiger partial charge >= 0.3 is 0 Å². The topological polar surface area (TPSA) is 30.9 Å². The fraction of sp³-hybridized carbons (Fsp3) is 0.579. The Morgan fingerprint density at radius 2 is 2.04 bits per heavy atom. The summed E-state index contributed by atoms with van der Waals surface area (Å²) in [5.74, 6) is 2.67. The van der Waals surface area contributed by atoms with Crippen LogP contribution in [0.25, 0.3) is 0 Å². The van der Waals surface area contributed by atoms with Crippen LogP contribution in [0.15, 0.2) is 30.4 Å². The molecule has 1 aromatic carbocycles. The van der Waals surface area contributed by atoms with E-state index in [1.807, 2.05) is 17.8 Å². The first kappa shape index (κ1) is 16.3. The molecule has 4 rings (SSSR count). The quantitative estimate of drug-likeness (QED) is 0.785. The molecule has 0 bridgehead atoms. The summed E-state index contributed by atoms with van der Waals surface area (Å²) in [6.07, 6.45) is 6.89. The molecule has 1 unspecified atom stereocenters. The maximum atomic E-state index is 6.11. The average Bonchev–Trinajstić information content (AvgIpc) is 3.21. The molecular weight excluding hydrogens is 322 g/mol. The molecule has 24 heavy (non-hydrogen) atoms. The van der Waals surface area contributed by atoms with E-state index in [9.17, 15) is 0 Å². The van der Waals surface area contributed by atoms with Crippen molar-refractivity contribution in [1.82, 2.24) is 4.90 Å². The number of likely N-dealkylation sites (N-methyl/N-ethyl adjacent to an activating group) is 1. The average molecular weight is 347 g/mol. The van der Waals surface area contributed by atoms with E-state index in [-0.39, 0.29) is 10.3 Å². The lowest BCUT2D eigenvalue weighted by molar-refractivity contribution is 0.0486. The molecule has 0 N–H and O–H groups in total. The molecule has 0 saturated carbocycles. The number of likely N-dealkylation sites (tertiary alicyclic amines) is 1. The molecule has 5 heteroatoms. The van der Waals surface area contributed by atoms with E-state index >= 15 is 0 Å². The maximum Gasteiger partial charge on any atom is 0.161 e. The molecule has 4 nitrogen and oxygen atoms in total. The zero-order valence-electron chi connectivity index (χ0n) is 14.6. The molecule has 130 valence electrons. The molecule has 3 aliphatic rings. The zero-order valence-corrected chi connectivity index (χ0v) is 15.4. The van der Waals surface area contributed by atoms with Crippen molar-refractivity contribution < 1.29 is 14.2 Å². The monoisotopic (exact) mass is 347 g/mol. The highest BCUT2D eigenvalue weighted by atomic mass is 32.2. The van der Waals surface area contributed by atoms with Crippen molar-refractivity contribution in [2.24, 2.45) is 0 Å². The van der Waals surface area contributed by atoms with Crippen molar-refractivity contribution in [3.63, 3.8) is 0 Å². The predicted octanol–water partition coefficient (Wildman–Crippen LogP) is 3.07. The van der Waals surface area contributed by atoms with E-state index in [4.69, 9.17) is 14.2 Å². The van der Waals surface area contributed by atoms with Gasteiger partial charge in [-0.3, -0.25) is 0 Å². The Labute approximate surface area is 148 Å². The van der Waals surface area contributed by atoms with E-state index in [0.29, 0.717) is 6.04 Å². The number of fused-ring (bicyclic) bond motifs is 1. The number of hydrogen-bond acceptors (Lipinski definition) is 5. The number of nitrogens with zero attached hydrogens (tertiary/aromatic N) is 1. The third kappa shape index (κ3) is 2.37. The van der Waals surface area contributed by atoms with Crippen LogP contribution in [0.4, 0.5) is 0 Å². The maximum absolute atomic E-state index is 6.11. The molecule has 2 heterocycles. The van der Waals surface area contributed by atoms with Crippen LogP contribution in [0, 0.1) is 0 Å². The predicted molar refractivity (Wildman–Crippen MR) is 97.2 cm³/mol. The Morgan fingerprint density at radius 1 is 1.21 bits per heavy atom. The second-order valence-corrected chi connectivity index (χ2v) is 8.29. The summed E-state index contributed by atoms with van der Waals surface area (Å²) in [7, 11) is 5.62. The van der Waals surface area contributed by atoms with Crippen LogP contribution in [-0.4, -0.2) is 56.0 Å². The Hall–Kier alpha value is -1.17. The summed E-state index contributed by atoms with van der Waals surface area (Å²) in [6, 6.07) is 6.82. The van der Waals surface area contributed by atoms with Crippen LogP contribution in [0.2, 0.25) is 0 Å². The highest BCUT2D eigenvalue weighted by molar-refractivity contribution is 8.00. The van der Waals surface area contributed by atoms with Crippen LogP contribution in [0.3, 0.4) is 0 Å². The number of ether oxygens (including phenoxy) is 3. The van der Waals surface area contributed by atoms with Gasteiger partial charge in [0, 0.05) is 23.6 Å². The molecule has 1 aliphatic carbocycles. The van der Waals surface area contributed by atoms with E-state index in [2.05, 4.69) is 36.2 Å². The van der Waals surface area contributed by atoms with Crippen LogP contribution in [-0.2, 0) is 10.2 Å². The van der Waals surface area contributed by atoms with Crippen molar-refractivity contribution >= 4 is 11.8 Å². The molecule has 1 spiro atoms. The fourth-order valence-electron chi connectivity index (χ4n) is 4.47. The number of rotatable bonds is 3. The van der Waals surface area contributed by atoms with Gasteiger partial charge in [0.25, 0.3) is 0 Å². The van der Waals surface area contributed by atoms with Crippen LogP contribution < -0.4 is 9.47 Å². The minimum Gasteiger partial charge on any atom is -0.493 e. The summed E-state index contributed by atoms with van der Waals surface area (Å²) in [5.41, 5.74) is 1.34. The van der Waals surface area contributed by atoms with Crippen molar-refractivity contribution in [2.75, 3.05) is 40.2 Å². The number of benzene rings is 1. The molecule has 0 radical (unpaired) electrons. The van der Waals surface area contributed by atoms with Crippen LogP contribution in [0.1, 0.15) is 18.4 Å². The van der Waals surface area contributed by atoms with Crippen molar-refractivity contribution in [2.45, 2.75) is 29.2 Å². The van der Waals surface area contributed by atoms with E-state index in [0.717, 1.165) is 43.2 Å². The Balaban J connectivity index is 1.77. The van der Waals surface area contributed by atoms with Gasteiger partial charge in [0.2, 0.25) is 0 Å². The zero-order chi connectivity index (χ0) is 16.8. The molecule has 0 aromatic heterocycles. The number of methoxy groups -OCH3 is 2. The van der Waals surface area contributed by atoms with E-state index in [1.54, 1.807) is 14.2 Å². The van der Waals surface area contributed by atoms with Gasteiger partial charge in [0.15, 0.2) is 11.5 Å². The molecular formula is C19H25NO3S. The van der Waals surface area contributed by atoms with Gasteiger partial charge in [0.1, 0.15) is 4.93 Å². The number of hydrogen-bond donors (Lipinski definition) is 0. The third-order valence-electron chi connectivity index (χ3n) is 5.81. The Morgan fingerprint density at radius 3 is 2.75 bits per heavy atom. The summed E-state index contributed by atoms with van der Waals surface area (Å²) in [6.45, 7) is 1.96. The summed E-state index contributed by atoms with van der Waals surface area (Å²) < 4.78 is 17.1. The number of thioether (sulfide) groups is 1. The van der Waals surface area contributed by atoms with E-state index < -0.39 is 0 Å². The molecule has 2 fully saturated rings. The SMILES string of the molecule is COc1ccc([C@@]23C=CC4(C[C@@H]2N(C)CC3)OCCS4)cc1OC. The van der Waals surface area contributed by atoms with Crippen LogP contribution in [0.5, 0.6) is 11.5 Å². The lowest BCUT2D eigenvalue weighted by Crippen LogP contribution is -2.48. The van der Waals surface area contributed by atoms with Crippen LogP contribution >= 0.6 is 11.8 Å². The highest BCUT2D eigenvalue weighted by Gasteiger charge is 2.53. The minimum atomic E-state index is -0.122. The second-order valence-electron chi connectivity index (χ2n) is 6.90. The fourth-order valence-corrected chi connectivity index (χ4v) is 5.58. The standard InChI is InChI=1S/C19H25NO3S/c1-20-9-8-18(14-4-5-15(21-2)16(12-14)22-3)6-7-19(13-17(18)20)23-10-11-24-19/h4-7,12,17H,8-11,13H2,1-3H3/t17-,18-,19?/m0/s1. The lowest BCUT2D eigenvalue weighted by Gasteiger charge is -2.44. The minimum absolute atomic E-state index is 0.0338. The van der Waals surface area contributed by atoms with Gasteiger partial charge < -0.3 is 19.1 Å². The van der Waals surface area contributed by atoms with Gasteiger partial charge in [-0.1, -0.05) is 12.1 Å². The molecule has 3 atom stereocenters. The second kappa shape index (κ2) is 5.97. The molecule has 1 aromatic rings. The van der Waals surface area contributed by atoms with Crippen molar-refractivity contribution in [1.29, 1.82) is 0 Å². The first-order chi connectivity index (χ1) is 11.6. The van der Waals surface area contributed by atoms with Gasteiger partial charge in [-0.05, 0) is 43.8 Å². The Bertz CT molecular complexity index is 656. The van der Waals surface area contributed by atoms with Gasteiger partial charge in [-0.25, -0.2) is 0 Å². The largest absolute Gasteiger partial charge is 0.493 e. The first-order valence-corrected chi connectivity index (χ1v) is 9.52. The smallest absolute Gasteiger partial charge is 0.161 e. The highest BCUT2D eigenvalue weighted by Crippen LogP contribution is 2.53. The lowest BCUT2D eigenvalue weighted by atomic mass is 9.69. The van der Waals surface area contributed by atoms with E-state index in [1.165, 1.54) is 5.56 Å².